The van der Waals surface area contributed by atoms with Gasteiger partial charge >= 0.3 is 7.05 Å². The summed E-state index contributed by atoms with van der Waals surface area (Å²) in [6, 6.07) is 29.6. The molecule has 0 aliphatic carbocycles. The second-order valence-electron chi connectivity index (χ2n) is 17.4. The van der Waals surface area contributed by atoms with E-state index in [0.717, 1.165) is 39.7 Å². The molecule has 0 bridgehead atoms. The van der Waals surface area contributed by atoms with Crippen molar-refractivity contribution in [3.8, 4) is 28.5 Å². The zero-order chi connectivity index (χ0) is 35.9. The first-order valence-electron chi connectivity index (χ1n) is 17.9. The molecule has 5 aromatic rings. The molecule has 2 aliphatic heterocycles. The van der Waals surface area contributed by atoms with E-state index in [2.05, 4.69) is 155 Å². The molecule has 4 nitrogen and oxygen atoms in total. The number of hydrogen-bond donors (Lipinski definition) is 0. The van der Waals surface area contributed by atoms with Gasteiger partial charge in [-0.15, -0.1) is 29.2 Å². The van der Waals surface area contributed by atoms with Crippen molar-refractivity contribution >= 4 is 41.3 Å². The van der Waals surface area contributed by atoms with Gasteiger partial charge in [0, 0.05) is 37.7 Å². The van der Waals surface area contributed by atoms with Crippen molar-refractivity contribution in [1.29, 1.82) is 0 Å². The maximum absolute atomic E-state index is 7.15. The van der Waals surface area contributed by atoms with Crippen LogP contribution in [0, 0.1) is 19.9 Å². The van der Waals surface area contributed by atoms with Crippen LogP contribution in [0.4, 0.5) is 5.69 Å². The normalized spacial score (nSPS) is 13.9. The van der Waals surface area contributed by atoms with Crippen LogP contribution in [-0.4, -0.2) is 25.8 Å². The maximum Gasteiger partial charge on any atom is 0.519 e. The molecule has 51 heavy (non-hydrogen) atoms. The second-order valence-corrected chi connectivity index (χ2v) is 17.4. The summed E-state index contributed by atoms with van der Waals surface area (Å²) < 4.78 is 13.7. The van der Waals surface area contributed by atoms with Crippen LogP contribution in [-0.2, 0) is 36.4 Å². The molecule has 0 atom stereocenters. The number of hydrogen-bond acceptors (Lipinski definition) is 4. The molecule has 0 amide bonds. The van der Waals surface area contributed by atoms with Gasteiger partial charge in [-0.05, 0) is 76.9 Å². The van der Waals surface area contributed by atoms with Crippen LogP contribution in [0.1, 0.15) is 90.1 Å². The Morgan fingerprint density at radius 1 is 0.706 bits per heavy atom. The smallest absolute Gasteiger partial charge is 0.519 e. The van der Waals surface area contributed by atoms with Crippen LogP contribution >= 0.6 is 0 Å². The van der Waals surface area contributed by atoms with Gasteiger partial charge in [0.25, 0.3) is 0 Å². The van der Waals surface area contributed by atoms with Gasteiger partial charge < -0.3 is 19.2 Å². The Morgan fingerprint density at radius 3 is 1.94 bits per heavy atom. The number of aromatic nitrogens is 1. The Hall–Kier alpha value is -3.79. The minimum atomic E-state index is -0.305. The molecule has 0 spiro atoms. The molecule has 263 valence electrons. The zero-order valence-electron chi connectivity index (χ0n) is 32.2. The molecule has 7 rings (SSSR count). The Morgan fingerprint density at radius 2 is 1.33 bits per heavy atom. The number of para-hydroxylation sites is 1. The van der Waals surface area contributed by atoms with Crippen molar-refractivity contribution in [2.24, 2.45) is 0 Å². The number of rotatable bonds is 3. The van der Waals surface area contributed by atoms with Gasteiger partial charge in [-0.3, -0.25) is 0 Å². The number of fused-ring (bicyclic) bond motifs is 3. The van der Waals surface area contributed by atoms with Crippen LogP contribution in [0.5, 0.6) is 17.2 Å². The van der Waals surface area contributed by atoms with Crippen LogP contribution in [0.3, 0.4) is 0 Å². The predicted molar refractivity (Wildman–Crippen MR) is 213 cm³/mol. The fourth-order valence-corrected chi connectivity index (χ4v) is 7.82. The topological polar surface area (TPSA) is 34.6 Å². The van der Waals surface area contributed by atoms with Crippen molar-refractivity contribution < 1.29 is 29.5 Å². The quantitative estimate of drug-likeness (QED) is 0.134. The number of nitrogens with zero attached hydrogens (tertiary/aromatic N) is 2. The standard InChI is InChI=1S/C44H49B2N2O2.Ir/c1-27-16-15-17-28(2)38(27)45-33-18-13-14-19-36(33)49-37-21-20-29(24-34(37)45)40-41-35(22-23-47-40)48(12)46(50-41)39-31(43(6,7)8)25-30(42(3,4)5)26-32(39)44(9,10)11;/h13-19,21-26H,1-12H3;/q-1;. The Labute approximate surface area is 320 Å². The first-order valence-corrected chi connectivity index (χ1v) is 17.9. The average molecular weight is 852 g/mol. The molecule has 0 unspecified atom stereocenters. The minimum absolute atomic E-state index is 0. The van der Waals surface area contributed by atoms with Gasteiger partial charge in [0.2, 0.25) is 6.71 Å². The molecule has 0 fully saturated rings. The molecule has 4 aromatic carbocycles. The van der Waals surface area contributed by atoms with E-state index >= 15 is 0 Å². The zero-order valence-corrected chi connectivity index (χ0v) is 34.6. The van der Waals surface area contributed by atoms with Gasteiger partial charge in [0.05, 0.1) is 5.69 Å². The summed E-state index contributed by atoms with van der Waals surface area (Å²) in [6.07, 6.45) is 1.90. The summed E-state index contributed by atoms with van der Waals surface area (Å²) in [4.78, 5) is 7.26. The van der Waals surface area contributed by atoms with Crippen LogP contribution < -0.4 is 36.1 Å². The fraction of sp³-hybridized carbons (Fsp3) is 0.341. The minimum Gasteiger partial charge on any atom is -0.542 e. The van der Waals surface area contributed by atoms with E-state index in [0.29, 0.717) is 0 Å². The molecular formula is C44H49B2IrN2O2-. The third-order valence-electron chi connectivity index (χ3n) is 10.5. The van der Waals surface area contributed by atoms with E-state index in [1.54, 1.807) is 0 Å². The monoisotopic (exact) mass is 852 g/mol. The van der Waals surface area contributed by atoms with Crippen LogP contribution in [0.15, 0.2) is 79.0 Å². The number of pyridine rings is 1. The largest absolute Gasteiger partial charge is 0.542 e. The number of ether oxygens (including phenoxy) is 1. The van der Waals surface area contributed by atoms with E-state index in [4.69, 9.17) is 14.4 Å². The molecule has 7 heteroatoms. The Kier molecular flexibility index (Phi) is 9.43. The molecule has 1 aromatic heterocycles. The van der Waals surface area contributed by atoms with Gasteiger partial charge in [-0.25, -0.2) is 0 Å². The number of anilines is 1. The summed E-state index contributed by atoms with van der Waals surface area (Å²) in [5.74, 6) is 2.51. The summed E-state index contributed by atoms with van der Waals surface area (Å²) in [6.45, 7) is 25.2. The SMILES string of the molecule is Cc1cccc(C)c1B1c2ccccc2Oc2c[c-]c(-c3nccc4c3OB(c3c(C(C)(C)C)cc(C(C)(C)C)cc3C(C)(C)C)N4C)cc21.[Ir]. The molecule has 0 saturated heterocycles. The summed E-state index contributed by atoms with van der Waals surface area (Å²) in [5, 5.41) is 0. The van der Waals surface area contributed by atoms with Crippen LogP contribution in [0.2, 0.25) is 0 Å². The molecule has 0 saturated carbocycles. The number of benzene rings is 4. The molecule has 3 heterocycles. The molecular weight excluding hydrogens is 802 g/mol. The first-order chi connectivity index (χ1) is 23.4. The van der Waals surface area contributed by atoms with Gasteiger partial charge in [0.15, 0.2) is 0 Å². The van der Waals surface area contributed by atoms with Gasteiger partial charge in [-0.2, -0.15) is 0 Å². The van der Waals surface area contributed by atoms with Crippen molar-refractivity contribution in [3.05, 3.63) is 113 Å². The third kappa shape index (κ3) is 6.46. The summed E-state index contributed by atoms with van der Waals surface area (Å²) in [5.41, 5.74) is 13.9. The van der Waals surface area contributed by atoms with Crippen molar-refractivity contribution in [3.63, 3.8) is 0 Å². The summed E-state index contributed by atoms with van der Waals surface area (Å²) >= 11 is 0. The Balaban J connectivity index is 0.00000448. The summed E-state index contributed by atoms with van der Waals surface area (Å²) in [7, 11) is 1.84. The van der Waals surface area contributed by atoms with Gasteiger partial charge in [0.1, 0.15) is 11.5 Å². The fourth-order valence-electron chi connectivity index (χ4n) is 7.82. The number of aryl methyl sites for hydroxylation is 2. The average Bonchev–Trinajstić information content (AvgIpc) is 3.38. The molecule has 0 N–H and O–H groups in total. The second kappa shape index (κ2) is 13.0. The van der Waals surface area contributed by atoms with Crippen LogP contribution in [0.25, 0.3) is 11.3 Å². The van der Waals surface area contributed by atoms with E-state index in [9.17, 15) is 0 Å². The molecule has 2 aliphatic rings. The van der Waals surface area contributed by atoms with Gasteiger partial charge in [-0.1, -0.05) is 127 Å². The van der Waals surface area contributed by atoms with Crippen molar-refractivity contribution in [2.75, 3.05) is 11.9 Å². The first kappa shape index (κ1) is 37.0. The van der Waals surface area contributed by atoms with Crippen molar-refractivity contribution in [1.82, 2.24) is 4.98 Å². The van der Waals surface area contributed by atoms with E-state index in [-0.39, 0.29) is 50.1 Å². The van der Waals surface area contributed by atoms with E-state index < -0.39 is 0 Å². The van der Waals surface area contributed by atoms with Crippen molar-refractivity contribution in [2.45, 2.75) is 92.4 Å². The maximum atomic E-state index is 7.15. The Bertz CT molecular complexity index is 2090. The molecule has 1 radical (unpaired) electrons. The van der Waals surface area contributed by atoms with E-state index in [1.165, 1.54) is 44.2 Å². The van der Waals surface area contributed by atoms with E-state index in [1.807, 2.05) is 18.3 Å². The predicted octanol–water partition coefficient (Wildman–Crippen LogP) is 7.90. The third-order valence-corrected chi connectivity index (χ3v) is 10.5.